The third-order valence-electron chi connectivity index (χ3n) is 7.78. The second kappa shape index (κ2) is 4.25. The quantitative estimate of drug-likeness (QED) is 0.558. The second-order valence-corrected chi connectivity index (χ2v) is 9.38. The Morgan fingerprint density at radius 2 is 1.58 bits per heavy atom. The van der Waals surface area contributed by atoms with Crippen LogP contribution in [-0.4, -0.2) is 0 Å². The predicted octanol–water partition coefficient (Wildman–Crippen LogP) is 5.81. The van der Waals surface area contributed by atoms with Crippen molar-refractivity contribution < 1.29 is 0 Å². The summed E-state index contributed by atoms with van der Waals surface area (Å²) in [5, 5.41) is 0. The first kappa shape index (κ1) is 12.7. The molecule has 4 rings (SSSR count). The van der Waals surface area contributed by atoms with Crippen molar-refractivity contribution in [2.75, 3.05) is 0 Å². The van der Waals surface area contributed by atoms with Crippen molar-refractivity contribution in [2.24, 2.45) is 34.5 Å². The van der Waals surface area contributed by atoms with Crippen LogP contribution in [0.5, 0.6) is 0 Å². The SMILES string of the molecule is CC1(C)CCC2CCCC(C34CCC(CC3)C4)C2C1. The van der Waals surface area contributed by atoms with Gasteiger partial charge >= 0.3 is 0 Å². The number of rotatable bonds is 1. The third kappa shape index (κ3) is 2.00. The number of fused-ring (bicyclic) bond motifs is 3. The summed E-state index contributed by atoms with van der Waals surface area (Å²) in [5.41, 5.74) is 1.48. The molecule has 4 fully saturated rings. The average molecular weight is 260 g/mol. The molecule has 0 amide bonds. The van der Waals surface area contributed by atoms with Crippen LogP contribution in [0.1, 0.15) is 84.5 Å². The third-order valence-corrected chi connectivity index (χ3v) is 7.78. The fourth-order valence-electron chi connectivity index (χ4n) is 6.86. The lowest BCUT2D eigenvalue weighted by molar-refractivity contribution is -0.0244. The van der Waals surface area contributed by atoms with Gasteiger partial charge in [0.2, 0.25) is 0 Å². The Morgan fingerprint density at radius 1 is 0.789 bits per heavy atom. The Morgan fingerprint density at radius 3 is 2.26 bits per heavy atom. The van der Waals surface area contributed by atoms with Gasteiger partial charge in [-0.2, -0.15) is 0 Å². The summed E-state index contributed by atoms with van der Waals surface area (Å²) < 4.78 is 0. The van der Waals surface area contributed by atoms with Gasteiger partial charge in [0, 0.05) is 0 Å². The smallest absolute Gasteiger partial charge is 0.0264 e. The van der Waals surface area contributed by atoms with Gasteiger partial charge in [-0.05, 0) is 92.3 Å². The van der Waals surface area contributed by atoms with Crippen LogP contribution in [0.15, 0.2) is 0 Å². The van der Waals surface area contributed by atoms with Crippen molar-refractivity contribution in [1.29, 1.82) is 0 Å². The Bertz CT molecular complexity index is 345. The monoisotopic (exact) mass is 260 g/mol. The zero-order chi connectivity index (χ0) is 13.1. The number of hydrogen-bond donors (Lipinski definition) is 0. The van der Waals surface area contributed by atoms with Crippen LogP contribution in [-0.2, 0) is 0 Å². The summed E-state index contributed by atoms with van der Waals surface area (Å²) in [6.07, 6.45) is 17.3. The maximum Gasteiger partial charge on any atom is -0.0264 e. The molecule has 108 valence electrons. The zero-order valence-electron chi connectivity index (χ0n) is 13.1. The molecule has 0 aromatic rings. The van der Waals surface area contributed by atoms with Gasteiger partial charge in [0.25, 0.3) is 0 Å². The summed E-state index contributed by atoms with van der Waals surface area (Å²) in [6, 6.07) is 0. The standard InChI is InChI=1S/C19H32/c1-18(2)9-8-15-4-3-5-17(16(15)13-18)19-10-6-14(12-19)7-11-19/h14-17H,3-13H2,1-2H3. The molecule has 0 spiro atoms. The van der Waals surface area contributed by atoms with Crippen LogP contribution >= 0.6 is 0 Å². The van der Waals surface area contributed by atoms with Gasteiger partial charge in [0.05, 0.1) is 0 Å². The Labute approximate surface area is 119 Å². The minimum absolute atomic E-state index is 0.643. The molecule has 0 radical (unpaired) electrons. The van der Waals surface area contributed by atoms with E-state index < -0.39 is 0 Å². The summed E-state index contributed by atoms with van der Waals surface area (Å²) in [7, 11) is 0. The molecule has 0 N–H and O–H groups in total. The highest BCUT2D eigenvalue weighted by Crippen LogP contribution is 2.64. The average Bonchev–Trinajstić information content (AvgIpc) is 2.98. The van der Waals surface area contributed by atoms with Gasteiger partial charge in [-0.1, -0.05) is 26.7 Å². The highest BCUT2D eigenvalue weighted by Gasteiger charge is 2.54. The van der Waals surface area contributed by atoms with Crippen molar-refractivity contribution in [3.8, 4) is 0 Å². The fraction of sp³-hybridized carbons (Fsp3) is 1.00. The molecule has 3 unspecified atom stereocenters. The van der Waals surface area contributed by atoms with Crippen molar-refractivity contribution in [1.82, 2.24) is 0 Å². The van der Waals surface area contributed by atoms with Gasteiger partial charge in [0.15, 0.2) is 0 Å². The first-order valence-corrected chi connectivity index (χ1v) is 9.08. The van der Waals surface area contributed by atoms with Gasteiger partial charge in [-0.3, -0.25) is 0 Å². The van der Waals surface area contributed by atoms with Crippen molar-refractivity contribution in [3.05, 3.63) is 0 Å². The molecule has 4 aliphatic carbocycles. The summed E-state index contributed by atoms with van der Waals surface area (Å²) >= 11 is 0. The van der Waals surface area contributed by atoms with Crippen LogP contribution in [0.2, 0.25) is 0 Å². The highest BCUT2D eigenvalue weighted by atomic mass is 14.6. The molecule has 4 saturated carbocycles. The van der Waals surface area contributed by atoms with E-state index >= 15 is 0 Å². The maximum atomic E-state index is 2.54. The number of hydrogen-bond acceptors (Lipinski definition) is 0. The van der Waals surface area contributed by atoms with E-state index in [0.29, 0.717) is 5.41 Å². The molecule has 0 saturated heterocycles. The van der Waals surface area contributed by atoms with Crippen LogP contribution in [0.4, 0.5) is 0 Å². The summed E-state index contributed by atoms with van der Waals surface area (Å²) in [5.74, 6) is 4.48. The van der Waals surface area contributed by atoms with Gasteiger partial charge < -0.3 is 0 Å². The molecular formula is C19H32. The first-order valence-electron chi connectivity index (χ1n) is 9.08. The molecule has 2 bridgehead atoms. The lowest BCUT2D eigenvalue weighted by atomic mass is 9.53. The molecule has 0 aromatic carbocycles. The van der Waals surface area contributed by atoms with Gasteiger partial charge in [-0.25, -0.2) is 0 Å². The van der Waals surface area contributed by atoms with E-state index in [4.69, 9.17) is 0 Å². The maximum absolute atomic E-state index is 2.54. The molecule has 3 atom stereocenters. The lowest BCUT2D eigenvalue weighted by Gasteiger charge is -2.52. The van der Waals surface area contributed by atoms with E-state index in [1.807, 2.05) is 0 Å². The largest absolute Gasteiger partial charge is 0.0599 e. The molecule has 0 aliphatic heterocycles. The molecule has 4 aliphatic rings. The normalized spacial score (nSPS) is 52.1. The summed E-state index contributed by atoms with van der Waals surface area (Å²) in [6.45, 7) is 5.08. The minimum Gasteiger partial charge on any atom is -0.0599 e. The first-order chi connectivity index (χ1) is 9.08. The van der Waals surface area contributed by atoms with Crippen molar-refractivity contribution in [2.45, 2.75) is 84.5 Å². The van der Waals surface area contributed by atoms with Crippen molar-refractivity contribution >= 4 is 0 Å². The van der Waals surface area contributed by atoms with Crippen LogP contribution in [0.3, 0.4) is 0 Å². The van der Waals surface area contributed by atoms with E-state index in [2.05, 4.69) is 13.8 Å². The molecule has 0 nitrogen and oxygen atoms in total. The Balaban J connectivity index is 1.60. The van der Waals surface area contributed by atoms with Crippen LogP contribution in [0.25, 0.3) is 0 Å². The topological polar surface area (TPSA) is 0 Å². The van der Waals surface area contributed by atoms with Crippen LogP contribution < -0.4 is 0 Å². The fourth-order valence-corrected chi connectivity index (χ4v) is 6.86. The van der Waals surface area contributed by atoms with E-state index in [9.17, 15) is 0 Å². The second-order valence-electron chi connectivity index (χ2n) is 9.38. The molecule has 0 heteroatoms. The van der Waals surface area contributed by atoms with E-state index in [1.165, 1.54) is 6.42 Å². The van der Waals surface area contributed by atoms with E-state index in [0.717, 1.165) is 29.1 Å². The van der Waals surface area contributed by atoms with Gasteiger partial charge in [-0.15, -0.1) is 0 Å². The Kier molecular flexibility index (Phi) is 2.84. The molecule has 19 heavy (non-hydrogen) atoms. The van der Waals surface area contributed by atoms with E-state index in [-0.39, 0.29) is 0 Å². The van der Waals surface area contributed by atoms with Crippen LogP contribution in [0, 0.1) is 34.5 Å². The lowest BCUT2D eigenvalue weighted by Crippen LogP contribution is -2.43. The Hall–Kier alpha value is 0. The molecule has 0 aromatic heterocycles. The predicted molar refractivity (Wildman–Crippen MR) is 81.0 cm³/mol. The molecular weight excluding hydrogens is 228 g/mol. The summed E-state index contributed by atoms with van der Waals surface area (Å²) in [4.78, 5) is 0. The molecule has 0 heterocycles. The minimum atomic E-state index is 0.643. The zero-order valence-corrected chi connectivity index (χ0v) is 13.1. The van der Waals surface area contributed by atoms with Gasteiger partial charge in [0.1, 0.15) is 0 Å². The highest BCUT2D eigenvalue weighted by molar-refractivity contribution is 5.04. The van der Waals surface area contributed by atoms with Crippen molar-refractivity contribution in [3.63, 3.8) is 0 Å². The van der Waals surface area contributed by atoms with E-state index in [1.54, 1.807) is 64.2 Å².